The van der Waals surface area contributed by atoms with Crippen molar-refractivity contribution in [1.29, 1.82) is 0 Å². The van der Waals surface area contributed by atoms with Crippen LogP contribution in [-0.2, 0) is 0 Å². The quantitative estimate of drug-likeness (QED) is 0.408. The largest absolute Gasteiger partial charge is 0.383 e. The van der Waals surface area contributed by atoms with Crippen molar-refractivity contribution in [3.63, 3.8) is 0 Å². The number of nitrogens with zero attached hydrogens (tertiary/aromatic N) is 6. The number of halogens is 1. The molecule has 6 rings (SSSR count). The zero-order valence-corrected chi connectivity index (χ0v) is 17.9. The van der Waals surface area contributed by atoms with Crippen molar-refractivity contribution in [1.82, 2.24) is 29.7 Å². The monoisotopic (exact) mass is 439 g/mol. The molecule has 7 nitrogen and oxygen atoms in total. The van der Waals surface area contributed by atoms with E-state index >= 15 is 4.39 Å². The van der Waals surface area contributed by atoms with E-state index in [0.29, 0.717) is 44.9 Å². The minimum Gasteiger partial charge on any atom is -0.383 e. The second-order valence-corrected chi connectivity index (χ2v) is 8.45. The first-order valence-electron chi connectivity index (χ1n) is 11.2. The maximum Gasteiger partial charge on any atom is 0.164 e. The van der Waals surface area contributed by atoms with E-state index in [4.69, 9.17) is 10.8 Å². The second kappa shape index (κ2) is 7.88. The van der Waals surface area contributed by atoms with Crippen molar-refractivity contribution in [3.05, 3.63) is 60.8 Å². The molecule has 0 bridgehead atoms. The van der Waals surface area contributed by atoms with Gasteiger partial charge in [-0.2, -0.15) is 5.10 Å². The third kappa shape index (κ3) is 3.29. The highest BCUT2D eigenvalue weighted by molar-refractivity contribution is 6.00. The lowest BCUT2D eigenvalue weighted by atomic mass is 9.96. The standard InChI is InChI=1S/C25H22FN7/c26-21-17(11-9-15-10-12-19(31-22(15)21)18-8-4-5-13-28-18)23-20-24(27)29-14-30-25(20)33(32-23)16-6-2-1-3-7-16/h4-5,8-14,16H,1-3,6-7H2,(H2,27,29,30). The molecule has 0 atom stereocenters. The van der Waals surface area contributed by atoms with Crippen LogP contribution in [-0.4, -0.2) is 29.7 Å². The number of nitrogens with two attached hydrogens (primary N) is 1. The van der Waals surface area contributed by atoms with Crippen LogP contribution in [0.3, 0.4) is 0 Å². The Labute approximate surface area is 189 Å². The average Bonchev–Trinajstić information content (AvgIpc) is 3.26. The van der Waals surface area contributed by atoms with Crippen molar-refractivity contribution in [2.24, 2.45) is 0 Å². The summed E-state index contributed by atoms with van der Waals surface area (Å²) in [5, 5.41) is 6.14. The third-order valence-corrected chi connectivity index (χ3v) is 6.42. The molecule has 4 aromatic heterocycles. The first kappa shape index (κ1) is 19.7. The highest BCUT2D eigenvalue weighted by Gasteiger charge is 2.25. The van der Waals surface area contributed by atoms with Gasteiger partial charge in [0.25, 0.3) is 0 Å². The number of fused-ring (bicyclic) bond motifs is 2. The molecule has 0 spiro atoms. The van der Waals surface area contributed by atoms with Crippen LogP contribution in [0.2, 0.25) is 0 Å². The van der Waals surface area contributed by atoms with Crippen molar-refractivity contribution in [2.75, 3.05) is 5.73 Å². The van der Waals surface area contributed by atoms with Gasteiger partial charge in [-0.15, -0.1) is 0 Å². The average molecular weight is 439 g/mol. The summed E-state index contributed by atoms with van der Waals surface area (Å²) in [7, 11) is 0. The molecule has 0 aliphatic heterocycles. The number of benzene rings is 1. The van der Waals surface area contributed by atoms with Crippen molar-refractivity contribution in [2.45, 2.75) is 38.1 Å². The number of pyridine rings is 2. The molecule has 0 unspecified atom stereocenters. The number of nitrogen functional groups attached to an aromatic ring is 1. The number of anilines is 1. The van der Waals surface area contributed by atoms with Crippen LogP contribution < -0.4 is 5.73 Å². The van der Waals surface area contributed by atoms with Gasteiger partial charge in [0.15, 0.2) is 11.5 Å². The number of hydrogen-bond acceptors (Lipinski definition) is 6. The first-order valence-corrected chi connectivity index (χ1v) is 11.2. The molecule has 0 amide bonds. The highest BCUT2D eigenvalue weighted by atomic mass is 19.1. The van der Waals surface area contributed by atoms with Crippen molar-refractivity contribution in [3.8, 4) is 22.6 Å². The van der Waals surface area contributed by atoms with E-state index in [1.165, 1.54) is 12.7 Å². The second-order valence-electron chi connectivity index (χ2n) is 8.45. The van der Waals surface area contributed by atoms with Gasteiger partial charge in [-0.05, 0) is 37.1 Å². The third-order valence-electron chi connectivity index (χ3n) is 6.42. The summed E-state index contributed by atoms with van der Waals surface area (Å²) in [6.45, 7) is 0. The van der Waals surface area contributed by atoms with Gasteiger partial charge >= 0.3 is 0 Å². The Hall–Kier alpha value is -3.94. The van der Waals surface area contributed by atoms with Gasteiger partial charge < -0.3 is 5.73 Å². The SMILES string of the molecule is Nc1ncnc2c1c(-c1ccc3ccc(-c4ccccn4)nc3c1F)nn2C1CCCCC1. The minimum absolute atomic E-state index is 0.224. The summed E-state index contributed by atoms with van der Waals surface area (Å²) < 4.78 is 17.9. The zero-order chi connectivity index (χ0) is 22.4. The Morgan fingerprint density at radius 3 is 2.58 bits per heavy atom. The fourth-order valence-electron chi connectivity index (χ4n) is 4.76. The van der Waals surface area contributed by atoms with Crippen LogP contribution >= 0.6 is 0 Å². The summed E-state index contributed by atoms with van der Waals surface area (Å²) >= 11 is 0. The summed E-state index contributed by atoms with van der Waals surface area (Å²) in [6.07, 6.45) is 8.70. The lowest BCUT2D eigenvalue weighted by Crippen LogP contribution is -2.14. The van der Waals surface area contributed by atoms with E-state index in [1.807, 2.05) is 41.1 Å². The van der Waals surface area contributed by atoms with Gasteiger partial charge in [-0.25, -0.2) is 24.0 Å². The van der Waals surface area contributed by atoms with Gasteiger partial charge in [0, 0.05) is 17.1 Å². The molecule has 4 heterocycles. The molecule has 1 aromatic carbocycles. The van der Waals surface area contributed by atoms with Crippen LogP contribution in [0, 0.1) is 5.82 Å². The van der Waals surface area contributed by atoms with Crippen LogP contribution in [0.4, 0.5) is 10.2 Å². The maximum absolute atomic E-state index is 15.9. The van der Waals surface area contributed by atoms with Gasteiger partial charge in [0.05, 0.1) is 22.8 Å². The molecule has 1 saturated carbocycles. The Balaban J connectivity index is 1.56. The van der Waals surface area contributed by atoms with Gasteiger partial charge in [-0.1, -0.05) is 37.5 Å². The summed E-state index contributed by atoms with van der Waals surface area (Å²) in [5.74, 6) is -0.143. The molecule has 0 saturated heterocycles. The summed E-state index contributed by atoms with van der Waals surface area (Å²) in [4.78, 5) is 17.6. The highest BCUT2D eigenvalue weighted by Crippen LogP contribution is 2.38. The molecule has 33 heavy (non-hydrogen) atoms. The van der Waals surface area contributed by atoms with E-state index in [2.05, 4.69) is 19.9 Å². The van der Waals surface area contributed by atoms with Crippen molar-refractivity contribution >= 4 is 27.8 Å². The molecule has 0 radical (unpaired) electrons. The lowest BCUT2D eigenvalue weighted by Gasteiger charge is -2.22. The minimum atomic E-state index is -0.441. The Kier molecular flexibility index (Phi) is 4.71. The molecular weight excluding hydrogens is 417 g/mol. The van der Waals surface area contributed by atoms with E-state index in [0.717, 1.165) is 25.7 Å². The predicted molar refractivity (Wildman–Crippen MR) is 126 cm³/mol. The normalized spacial score (nSPS) is 14.8. The van der Waals surface area contributed by atoms with Crippen LogP contribution in [0.5, 0.6) is 0 Å². The Morgan fingerprint density at radius 1 is 0.909 bits per heavy atom. The molecule has 1 fully saturated rings. The smallest absolute Gasteiger partial charge is 0.164 e. The number of rotatable bonds is 3. The van der Waals surface area contributed by atoms with Crippen LogP contribution in [0.15, 0.2) is 55.0 Å². The summed E-state index contributed by atoms with van der Waals surface area (Å²) in [6, 6.07) is 13.1. The summed E-state index contributed by atoms with van der Waals surface area (Å²) in [5.41, 5.74) is 9.27. The lowest BCUT2D eigenvalue weighted by molar-refractivity contribution is 0.336. The number of hydrogen-bond donors (Lipinski definition) is 1. The first-order chi connectivity index (χ1) is 16.2. The van der Waals surface area contributed by atoms with E-state index in [1.54, 1.807) is 12.3 Å². The van der Waals surface area contributed by atoms with E-state index in [-0.39, 0.29) is 11.6 Å². The van der Waals surface area contributed by atoms with Gasteiger partial charge in [0.2, 0.25) is 0 Å². The van der Waals surface area contributed by atoms with Gasteiger partial charge in [-0.3, -0.25) is 4.98 Å². The zero-order valence-electron chi connectivity index (χ0n) is 17.9. The van der Waals surface area contributed by atoms with E-state index in [9.17, 15) is 0 Å². The topological polar surface area (TPSA) is 95.4 Å². The van der Waals surface area contributed by atoms with Crippen LogP contribution in [0.25, 0.3) is 44.6 Å². The van der Waals surface area contributed by atoms with Crippen LogP contribution in [0.1, 0.15) is 38.1 Å². The predicted octanol–water partition coefficient (Wildman–Crippen LogP) is 5.33. The number of aromatic nitrogens is 6. The maximum atomic E-state index is 15.9. The Bertz CT molecular complexity index is 1470. The molecular formula is C25H22FN7. The molecule has 5 aromatic rings. The van der Waals surface area contributed by atoms with Gasteiger partial charge in [0.1, 0.15) is 23.4 Å². The van der Waals surface area contributed by atoms with E-state index < -0.39 is 5.82 Å². The Morgan fingerprint density at radius 2 is 1.76 bits per heavy atom. The molecule has 1 aliphatic rings. The molecule has 164 valence electrons. The fraction of sp³-hybridized carbons (Fsp3) is 0.240. The molecule has 2 N–H and O–H groups in total. The van der Waals surface area contributed by atoms with Crippen molar-refractivity contribution < 1.29 is 4.39 Å². The fourth-order valence-corrected chi connectivity index (χ4v) is 4.76. The molecule has 1 aliphatic carbocycles. The molecule has 8 heteroatoms.